The lowest BCUT2D eigenvalue weighted by Crippen LogP contribution is -2.27. The summed E-state index contributed by atoms with van der Waals surface area (Å²) in [5.74, 6) is 0.491. The van der Waals surface area contributed by atoms with Crippen LogP contribution in [0.4, 0.5) is 4.79 Å². The Balaban J connectivity index is 1.58. The Bertz CT molecular complexity index is 932. The fourth-order valence-corrected chi connectivity index (χ4v) is 3.51. The van der Waals surface area contributed by atoms with Crippen molar-refractivity contribution in [2.75, 3.05) is 0 Å². The highest BCUT2D eigenvalue weighted by Crippen LogP contribution is 2.31. The molecule has 3 nitrogen and oxygen atoms in total. The maximum atomic E-state index is 12.4. The third-order valence-corrected chi connectivity index (χ3v) is 4.94. The zero-order valence-electron chi connectivity index (χ0n) is 15.4. The number of rotatable bonds is 2. The Morgan fingerprint density at radius 1 is 0.963 bits per heavy atom. The van der Waals surface area contributed by atoms with Gasteiger partial charge >= 0.3 is 6.16 Å². The molecule has 0 saturated heterocycles. The molecule has 136 valence electrons. The smallest absolute Gasteiger partial charge is 0.425 e. The summed E-state index contributed by atoms with van der Waals surface area (Å²) in [4.78, 5) is 12.4. The summed E-state index contributed by atoms with van der Waals surface area (Å²) in [6.45, 7) is 1.99. The third kappa shape index (κ3) is 4.03. The van der Waals surface area contributed by atoms with Crippen molar-refractivity contribution in [2.45, 2.75) is 32.3 Å². The number of aryl methyl sites for hydroxylation is 1. The first-order valence-electron chi connectivity index (χ1n) is 9.31. The highest BCUT2D eigenvalue weighted by molar-refractivity contribution is 5.67. The number of allylic oxidation sites excluding steroid dienone is 3. The highest BCUT2D eigenvalue weighted by Gasteiger charge is 2.26. The fourth-order valence-electron chi connectivity index (χ4n) is 3.51. The summed E-state index contributed by atoms with van der Waals surface area (Å²) in [6.07, 6.45) is 10.2. The predicted octanol–water partition coefficient (Wildman–Crippen LogP) is 5.80. The maximum absolute atomic E-state index is 12.4. The number of carbonyl (C=O) groups excluding carboxylic acids is 1. The van der Waals surface area contributed by atoms with Gasteiger partial charge in [0.05, 0.1) is 0 Å². The molecule has 0 bridgehead atoms. The van der Waals surface area contributed by atoms with Gasteiger partial charge in [-0.3, -0.25) is 0 Å². The summed E-state index contributed by atoms with van der Waals surface area (Å²) >= 11 is 0. The van der Waals surface area contributed by atoms with Crippen LogP contribution in [0.25, 0.3) is 6.08 Å². The first-order chi connectivity index (χ1) is 13.2. The van der Waals surface area contributed by atoms with Gasteiger partial charge in [0.1, 0.15) is 11.9 Å². The molecule has 0 aliphatic heterocycles. The van der Waals surface area contributed by atoms with Crippen LogP contribution < -0.4 is 4.74 Å². The zero-order chi connectivity index (χ0) is 18.6. The largest absolute Gasteiger partial charge is 0.514 e. The first-order valence-corrected chi connectivity index (χ1v) is 9.31. The van der Waals surface area contributed by atoms with E-state index in [2.05, 4.69) is 36.4 Å². The maximum Gasteiger partial charge on any atom is 0.514 e. The third-order valence-electron chi connectivity index (χ3n) is 4.94. The van der Waals surface area contributed by atoms with E-state index in [1.165, 1.54) is 0 Å². The monoisotopic (exact) mass is 358 g/mol. The van der Waals surface area contributed by atoms with Crippen molar-refractivity contribution >= 4 is 12.2 Å². The van der Waals surface area contributed by atoms with Crippen LogP contribution in [-0.4, -0.2) is 12.3 Å². The van der Waals surface area contributed by atoms with Crippen molar-refractivity contribution in [3.05, 3.63) is 94.6 Å². The van der Waals surface area contributed by atoms with E-state index >= 15 is 0 Å². The van der Waals surface area contributed by atoms with Crippen molar-refractivity contribution < 1.29 is 14.3 Å². The molecule has 2 aromatic rings. The second-order valence-corrected chi connectivity index (χ2v) is 6.90. The molecule has 0 N–H and O–H groups in total. The molecule has 0 fully saturated rings. The van der Waals surface area contributed by atoms with E-state index in [0.717, 1.165) is 40.7 Å². The van der Waals surface area contributed by atoms with Crippen LogP contribution in [0.3, 0.4) is 0 Å². The summed E-state index contributed by atoms with van der Waals surface area (Å²) in [5.41, 5.74) is 5.62. The average Bonchev–Trinajstić information content (AvgIpc) is 2.67. The van der Waals surface area contributed by atoms with Gasteiger partial charge in [-0.05, 0) is 54.2 Å². The van der Waals surface area contributed by atoms with Crippen LogP contribution in [0.2, 0.25) is 0 Å². The van der Waals surface area contributed by atoms with E-state index in [4.69, 9.17) is 9.47 Å². The zero-order valence-corrected chi connectivity index (χ0v) is 15.4. The van der Waals surface area contributed by atoms with Crippen LogP contribution in [0.5, 0.6) is 5.75 Å². The average molecular weight is 358 g/mol. The van der Waals surface area contributed by atoms with Crippen LogP contribution in [0, 0.1) is 6.92 Å². The summed E-state index contributed by atoms with van der Waals surface area (Å²) < 4.78 is 11.2. The van der Waals surface area contributed by atoms with Gasteiger partial charge in [-0.15, -0.1) is 0 Å². The minimum absolute atomic E-state index is 0.361. The Kier molecular flexibility index (Phi) is 4.93. The van der Waals surface area contributed by atoms with E-state index < -0.39 is 6.16 Å². The van der Waals surface area contributed by atoms with E-state index in [0.29, 0.717) is 12.2 Å². The topological polar surface area (TPSA) is 35.5 Å². The molecule has 1 atom stereocenters. The van der Waals surface area contributed by atoms with Gasteiger partial charge in [-0.2, -0.15) is 0 Å². The van der Waals surface area contributed by atoms with Crippen LogP contribution in [-0.2, 0) is 11.2 Å². The molecule has 0 aromatic heterocycles. The number of hydrogen-bond acceptors (Lipinski definition) is 3. The lowest BCUT2D eigenvalue weighted by molar-refractivity contribution is 0.0728. The van der Waals surface area contributed by atoms with Gasteiger partial charge < -0.3 is 9.47 Å². The van der Waals surface area contributed by atoms with Gasteiger partial charge in [0.25, 0.3) is 0 Å². The Morgan fingerprint density at radius 3 is 2.59 bits per heavy atom. The Morgan fingerprint density at radius 2 is 1.74 bits per heavy atom. The standard InChI is InChI=1S/C24H22O3/c1-17-10-14-21(15-11-17)26-24(25)27-23-16-20-8-3-2-6-18(20)12-13-19-7-4-5-9-22(19)23/h2-3,6-15,23H,4-5,16H2,1H3/b13-12-. The van der Waals surface area contributed by atoms with Crippen LogP contribution in [0.1, 0.15) is 29.5 Å². The van der Waals surface area contributed by atoms with E-state index in [-0.39, 0.29) is 6.10 Å². The van der Waals surface area contributed by atoms with Gasteiger partial charge in [0, 0.05) is 6.42 Å². The summed E-state index contributed by atoms with van der Waals surface area (Å²) in [5, 5.41) is 0. The molecule has 3 heteroatoms. The van der Waals surface area contributed by atoms with E-state index in [1.54, 1.807) is 12.1 Å². The molecule has 0 spiro atoms. The van der Waals surface area contributed by atoms with Gasteiger partial charge in [0.2, 0.25) is 0 Å². The van der Waals surface area contributed by atoms with Crippen molar-refractivity contribution in [1.82, 2.24) is 0 Å². The van der Waals surface area contributed by atoms with E-state index in [9.17, 15) is 4.79 Å². The second-order valence-electron chi connectivity index (χ2n) is 6.90. The minimum Gasteiger partial charge on any atom is -0.425 e. The number of ether oxygens (including phenoxy) is 2. The molecule has 2 aliphatic rings. The molecule has 2 aliphatic carbocycles. The molecular formula is C24H22O3. The van der Waals surface area contributed by atoms with Crippen LogP contribution >= 0.6 is 0 Å². The van der Waals surface area contributed by atoms with Gasteiger partial charge in [0.15, 0.2) is 0 Å². The van der Waals surface area contributed by atoms with Crippen molar-refractivity contribution in [3.8, 4) is 5.75 Å². The number of hydrogen-bond donors (Lipinski definition) is 0. The molecule has 0 saturated carbocycles. The van der Waals surface area contributed by atoms with Crippen LogP contribution in [0.15, 0.2) is 77.9 Å². The summed E-state index contributed by atoms with van der Waals surface area (Å²) in [7, 11) is 0. The predicted molar refractivity (Wildman–Crippen MR) is 107 cm³/mol. The van der Waals surface area contributed by atoms with E-state index in [1.807, 2.05) is 31.2 Å². The van der Waals surface area contributed by atoms with Crippen molar-refractivity contribution in [3.63, 3.8) is 0 Å². The SMILES string of the molecule is Cc1ccc(OC(=O)OC2Cc3ccccc3/C=C\C3=CCCC=C32)cc1. The highest BCUT2D eigenvalue weighted by atomic mass is 16.7. The molecule has 0 amide bonds. The Hall–Kier alpha value is -3.07. The number of carbonyl (C=O) groups is 1. The Labute approximate surface area is 159 Å². The lowest BCUT2D eigenvalue weighted by atomic mass is 9.86. The molecular weight excluding hydrogens is 336 g/mol. The lowest BCUT2D eigenvalue weighted by Gasteiger charge is -2.26. The number of fused-ring (bicyclic) bond motifs is 2. The minimum atomic E-state index is -0.670. The quantitative estimate of drug-likeness (QED) is 0.503. The second kappa shape index (κ2) is 7.67. The first kappa shape index (κ1) is 17.3. The van der Waals surface area contributed by atoms with Crippen molar-refractivity contribution in [2.24, 2.45) is 0 Å². The molecule has 1 unspecified atom stereocenters. The molecule has 0 heterocycles. The normalized spacial score (nSPS) is 19.4. The van der Waals surface area contributed by atoms with Gasteiger partial charge in [-0.25, -0.2) is 4.79 Å². The molecule has 27 heavy (non-hydrogen) atoms. The fraction of sp³-hybridized carbons (Fsp3) is 0.208. The van der Waals surface area contributed by atoms with Crippen molar-refractivity contribution in [1.29, 1.82) is 0 Å². The molecule has 2 aromatic carbocycles. The van der Waals surface area contributed by atoms with Gasteiger partial charge in [-0.1, -0.05) is 66.3 Å². The molecule has 0 radical (unpaired) electrons. The number of benzene rings is 2. The molecule has 4 rings (SSSR count). The summed E-state index contributed by atoms with van der Waals surface area (Å²) in [6, 6.07) is 15.6.